The van der Waals surface area contributed by atoms with E-state index >= 15 is 0 Å². The third-order valence-electron chi connectivity index (χ3n) is 2.61. The molecule has 0 rings (SSSR count). The lowest BCUT2D eigenvalue weighted by atomic mass is 10.1. The zero-order valence-electron chi connectivity index (χ0n) is 10.9. The van der Waals surface area contributed by atoms with E-state index < -0.39 is 0 Å². The van der Waals surface area contributed by atoms with Gasteiger partial charge in [0.1, 0.15) is 0 Å². The number of likely N-dealkylation sites (N-methyl/N-ethyl adjacent to an activating group) is 1. The second-order valence-corrected chi connectivity index (χ2v) is 4.18. The van der Waals surface area contributed by atoms with Gasteiger partial charge in [-0.1, -0.05) is 31.8 Å². The normalized spacial score (nSPS) is 11.1. The summed E-state index contributed by atoms with van der Waals surface area (Å²) in [5.74, 6) is 0. The van der Waals surface area contributed by atoms with Crippen molar-refractivity contribution < 1.29 is 0 Å². The van der Waals surface area contributed by atoms with Crippen LogP contribution >= 0.6 is 0 Å². The van der Waals surface area contributed by atoms with Crippen LogP contribution in [-0.2, 0) is 0 Å². The lowest BCUT2D eigenvalue weighted by Gasteiger charge is -1.99. The molecule has 1 N–H and O–H groups in total. The van der Waals surface area contributed by atoms with Crippen molar-refractivity contribution in [2.75, 3.05) is 20.1 Å². The summed E-state index contributed by atoms with van der Waals surface area (Å²) in [6, 6.07) is 0. The predicted octanol–water partition coefficient (Wildman–Crippen LogP) is 3.58. The summed E-state index contributed by atoms with van der Waals surface area (Å²) in [5.41, 5.74) is 0. The summed E-state index contributed by atoms with van der Waals surface area (Å²) < 4.78 is 0. The third kappa shape index (κ3) is 13.4. The molecule has 0 radical (unpaired) electrons. The van der Waals surface area contributed by atoms with E-state index in [0.29, 0.717) is 0 Å². The highest BCUT2D eigenvalue weighted by Gasteiger charge is 1.89. The Morgan fingerprint density at radius 2 is 1.62 bits per heavy atom. The van der Waals surface area contributed by atoms with Crippen molar-refractivity contribution in [1.82, 2.24) is 5.32 Å². The minimum Gasteiger partial charge on any atom is -0.318 e. The molecule has 0 spiro atoms. The highest BCUT2D eigenvalue weighted by Crippen LogP contribution is 2.07. The van der Waals surface area contributed by atoms with Crippen LogP contribution in [0.2, 0.25) is 0 Å². The smallest absolute Gasteiger partial charge is 0.0510 e. The molecule has 16 heavy (non-hydrogen) atoms. The van der Waals surface area contributed by atoms with E-state index in [2.05, 4.69) is 23.1 Å². The maximum Gasteiger partial charge on any atom is 0.0510 e. The fourth-order valence-electron chi connectivity index (χ4n) is 1.59. The molecular formula is C14H28N2. The molecule has 94 valence electrons. The molecule has 0 aromatic carbocycles. The quantitative estimate of drug-likeness (QED) is 0.306. The van der Waals surface area contributed by atoms with E-state index in [1.165, 1.54) is 44.9 Å². The largest absolute Gasteiger partial charge is 0.318 e. The topological polar surface area (TPSA) is 24.4 Å². The molecule has 0 heterocycles. The summed E-state index contributed by atoms with van der Waals surface area (Å²) in [7, 11) is 1.96. The van der Waals surface area contributed by atoms with Crippen LogP contribution in [-0.4, -0.2) is 26.4 Å². The van der Waals surface area contributed by atoms with Crippen LogP contribution < -0.4 is 5.32 Å². The Hall–Kier alpha value is -0.630. The van der Waals surface area contributed by atoms with E-state index in [9.17, 15) is 0 Å². The fourth-order valence-corrected chi connectivity index (χ4v) is 1.59. The lowest BCUT2D eigenvalue weighted by Crippen LogP contribution is -2.10. The molecule has 2 heteroatoms. The molecule has 0 fully saturated rings. The van der Waals surface area contributed by atoms with Gasteiger partial charge in [0.2, 0.25) is 0 Å². The van der Waals surface area contributed by atoms with Crippen LogP contribution in [0.1, 0.15) is 51.4 Å². The first-order valence-electron chi connectivity index (χ1n) is 6.65. The second kappa shape index (κ2) is 14.4. The number of unbranched alkanes of at least 4 members (excludes halogenated alkanes) is 7. The Balaban J connectivity index is 2.98. The Bertz CT molecular complexity index is 164. The molecule has 0 aliphatic carbocycles. The lowest BCUT2D eigenvalue weighted by molar-refractivity contribution is 0.604. The summed E-state index contributed by atoms with van der Waals surface area (Å²) in [6.45, 7) is 5.63. The Morgan fingerprint density at radius 1 is 1.00 bits per heavy atom. The molecule has 2 nitrogen and oxygen atoms in total. The Morgan fingerprint density at radius 3 is 2.25 bits per heavy atom. The average molecular weight is 224 g/mol. The van der Waals surface area contributed by atoms with E-state index in [1.807, 2.05) is 13.1 Å². The minimum atomic E-state index is 0.915. The van der Waals surface area contributed by atoms with Crippen LogP contribution in [0.25, 0.3) is 0 Å². The van der Waals surface area contributed by atoms with Crippen LogP contribution in [0.15, 0.2) is 17.6 Å². The summed E-state index contributed by atoms with van der Waals surface area (Å²) in [5, 5.41) is 3.08. The van der Waals surface area contributed by atoms with Crippen molar-refractivity contribution in [3.8, 4) is 0 Å². The summed E-state index contributed by atoms with van der Waals surface area (Å²) in [4.78, 5) is 4.32. The van der Waals surface area contributed by atoms with Crippen LogP contribution in [0.4, 0.5) is 0 Å². The van der Waals surface area contributed by atoms with Crippen molar-refractivity contribution in [2.45, 2.75) is 51.4 Å². The molecule has 0 amide bonds. The van der Waals surface area contributed by atoms with Crippen molar-refractivity contribution in [2.24, 2.45) is 4.99 Å². The van der Waals surface area contributed by atoms with Gasteiger partial charge in [-0.3, -0.25) is 4.99 Å². The number of rotatable bonds is 12. The zero-order valence-corrected chi connectivity index (χ0v) is 10.9. The molecule has 0 aliphatic rings. The number of nitrogens with one attached hydrogen (secondary N) is 1. The van der Waals surface area contributed by atoms with Crippen molar-refractivity contribution >= 4 is 6.21 Å². The summed E-state index contributed by atoms with van der Waals surface area (Å²) >= 11 is 0. The minimum absolute atomic E-state index is 0.915. The second-order valence-electron chi connectivity index (χ2n) is 4.18. The Labute approximate surface area is 101 Å². The maximum atomic E-state index is 4.32. The van der Waals surface area contributed by atoms with E-state index in [4.69, 9.17) is 0 Å². The number of nitrogens with zero attached hydrogens (tertiary/aromatic N) is 1. The number of allylic oxidation sites excluding steroid dienone is 1. The molecule has 0 unspecified atom stereocenters. The van der Waals surface area contributed by atoms with Crippen molar-refractivity contribution in [3.63, 3.8) is 0 Å². The number of hydrogen-bond donors (Lipinski definition) is 1. The first-order valence-corrected chi connectivity index (χ1v) is 6.65. The standard InChI is InChI=1S/C14H28N2/c1-3-4-5-6-7-8-9-10-11-12-16-14-13-15-2/h3,12,15H,1,4-11,13-14H2,2H3. The molecule has 0 saturated carbocycles. The zero-order chi connectivity index (χ0) is 11.9. The fraction of sp³-hybridized carbons (Fsp3) is 0.786. The first-order chi connectivity index (χ1) is 7.91. The third-order valence-corrected chi connectivity index (χ3v) is 2.61. The van der Waals surface area contributed by atoms with Gasteiger partial charge < -0.3 is 5.32 Å². The highest BCUT2D eigenvalue weighted by molar-refractivity contribution is 5.56. The number of hydrogen-bond acceptors (Lipinski definition) is 2. The van der Waals surface area contributed by atoms with Gasteiger partial charge >= 0.3 is 0 Å². The van der Waals surface area contributed by atoms with Gasteiger partial charge in [-0.05, 0) is 38.9 Å². The molecule has 0 aliphatic heterocycles. The van der Waals surface area contributed by atoms with Crippen LogP contribution in [0.5, 0.6) is 0 Å². The molecular weight excluding hydrogens is 196 g/mol. The van der Waals surface area contributed by atoms with E-state index in [0.717, 1.165) is 19.5 Å². The Kier molecular flexibility index (Phi) is 13.8. The predicted molar refractivity (Wildman–Crippen MR) is 74.4 cm³/mol. The van der Waals surface area contributed by atoms with Crippen LogP contribution in [0, 0.1) is 0 Å². The summed E-state index contributed by atoms with van der Waals surface area (Å²) in [6.07, 6.45) is 14.5. The van der Waals surface area contributed by atoms with Gasteiger partial charge in [0.15, 0.2) is 0 Å². The SMILES string of the molecule is C=CCCCCCCCCC=NCCNC. The molecule has 0 aromatic rings. The number of aliphatic imine (C=N–C) groups is 1. The van der Waals surface area contributed by atoms with Crippen LogP contribution in [0.3, 0.4) is 0 Å². The van der Waals surface area contributed by atoms with E-state index in [-0.39, 0.29) is 0 Å². The molecule has 0 aromatic heterocycles. The first kappa shape index (κ1) is 15.4. The highest BCUT2D eigenvalue weighted by atomic mass is 14.9. The van der Waals surface area contributed by atoms with Crippen molar-refractivity contribution in [1.29, 1.82) is 0 Å². The van der Waals surface area contributed by atoms with Gasteiger partial charge in [0.05, 0.1) is 6.54 Å². The molecule has 0 atom stereocenters. The maximum absolute atomic E-state index is 4.32. The van der Waals surface area contributed by atoms with Gasteiger partial charge in [-0.15, -0.1) is 6.58 Å². The van der Waals surface area contributed by atoms with Gasteiger partial charge in [-0.2, -0.15) is 0 Å². The van der Waals surface area contributed by atoms with Gasteiger partial charge in [0.25, 0.3) is 0 Å². The van der Waals surface area contributed by atoms with Crippen molar-refractivity contribution in [3.05, 3.63) is 12.7 Å². The van der Waals surface area contributed by atoms with Gasteiger partial charge in [-0.25, -0.2) is 0 Å². The molecule has 0 bridgehead atoms. The van der Waals surface area contributed by atoms with Gasteiger partial charge in [0, 0.05) is 6.54 Å². The monoisotopic (exact) mass is 224 g/mol. The van der Waals surface area contributed by atoms with E-state index in [1.54, 1.807) is 0 Å². The average Bonchev–Trinajstić information content (AvgIpc) is 2.31. The molecule has 0 saturated heterocycles.